The Hall–Kier alpha value is -3.51. The summed E-state index contributed by atoms with van der Waals surface area (Å²) in [4.78, 5) is 16.7. The minimum absolute atomic E-state index is 0.0765. The fraction of sp³-hybridized carbons (Fsp3) is 0.250. The van der Waals surface area contributed by atoms with Crippen LogP contribution in [0.3, 0.4) is 0 Å². The molecule has 2 aromatic carbocycles. The Morgan fingerprint density at radius 3 is 2.47 bits per heavy atom. The molecule has 36 heavy (non-hydrogen) atoms. The summed E-state index contributed by atoms with van der Waals surface area (Å²) >= 11 is 0. The van der Waals surface area contributed by atoms with E-state index in [1.54, 1.807) is 0 Å². The van der Waals surface area contributed by atoms with Crippen molar-refractivity contribution in [2.45, 2.75) is 36.9 Å². The number of hydrogen-bond donors (Lipinski definition) is 1. The number of rotatable bonds is 8. The summed E-state index contributed by atoms with van der Waals surface area (Å²) in [6.07, 6.45) is 1.76. The van der Waals surface area contributed by atoms with Crippen molar-refractivity contribution in [2.24, 2.45) is 0 Å². The van der Waals surface area contributed by atoms with Gasteiger partial charge in [-0.05, 0) is 60.9 Å². The molecule has 12 heteroatoms. The Morgan fingerprint density at radius 1 is 1.11 bits per heavy atom. The molecule has 0 unspecified atom stereocenters. The lowest BCUT2D eigenvalue weighted by molar-refractivity contribution is -0.124. The monoisotopic (exact) mass is 523 g/mol. The molecule has 1 aliphatic heterocycles. The summed E-state index contributed by atoms with van der Waals surface area (Å²) in [6, 6.07) is 10.2. The van der Waals surface area contributed by atoms with Gasteiger partial charge in [0, 0.05) is 12.1 Å². The van der Waals surface area contributed by atoms with Gasteiger partial charge in [-0.25, -0.2) is 17.2 Å². The normalized spacial score (nSPS) is 16.3. The van der Waals surface area contributed by atoms with Gasteiger partial charge in [0.25, 0.3) is 0 Å². The number of benzene rings is 2. The summed E-state index contributed by atoms with van der Waals surface area (Å²) in [5.74, 6) is -1.85. The van der Waals surface area contributed by atoms with Crippen molar-refractivity contribution >= 4 is 15.9 Å². The molecule has 4 rings (SSSR count). The number of ether oxygens (including phenoxy) is 1. The molecule has 0 saturated carbocycles. The van der Waals surface area contributed by atoms with E-state index in [1.165, 1.54) is 30.3 Å². The predicted octanol–water partition coefficient (Wildman–Crippen LogP) is 4.10. The van der Waals surface area contributed by atoms with E-state index in [4.69, 9.17) is 0 Å². The maximum atomic E-state index is 14.4. The van der Waals surface area contributed by atoms with E-state index in [-0.39, 0.29) is 29.3 Å². The van der Waals surface area contributed by atoms with Crippen LogP contribution in [0.15, 0.2) is 65.7 Å². The number of halogens is 4. The van der Waals surface area contributed by atoms with Crippen LogP contribution in [0.5, 0.6) is 5.75 Å². The average molecular weight is 524 g/mol. The average Bonchev–Trinajstić information content (AvgIpc) is 3.35. The largest absolute Gasteiger partial charge is 0.435 e. The van der Waals surface area contributed by atoms with Crippen LogP contribution < -0.4 is 10.1 Å². The first-order chi connectivity index (χ1) is 17.1. The molecule has 1 saturated heterocycles. The molecule has 1 aliphatic rings. The van der Waals surface area contributed by atoms with Gasteiger partial charge in [0.15, 0.2) is 0 Å². The first kappa shape index (κ1) is 25.6. The molecule has 1 fully saturated rings. The number of aromatic nitrogens is 1. The van der Waals surface area contributed by atoms with E-state index in [9.17, 15) is 30.8 Å². The number of amides is 1. The van der Waals surface area contributed by atoms with Gasteiger partial charge >= 0.3 is 6.61 Å². The topological polar surface area (TPSA) is 88.6 Å². The maximum absolute atomic E-state index is 14.4. The van der Waals surface area contributed by atoms with Crippen molar-refractivity contribution in [3.63, 3.8) is 0 Å². The molecule has 1 aromatic heterocycles. The van der Waals surface area contributed by atoms with Crippen LogP contribution in [-0.2, 0) is 21.4 Å². The van der Waals surface area contributed by atoms with Crippen LogP contribution in [0, 0.1) is 11.6 Å². The molecular formula is C24H21F4N3O4S. The zero-order valence-electron chi connectivity index (χ0n) is 18.7. The lowest BCUT2D eigenvalue weighted by atomic mass is 10.1. The van der Waals surface area contributed by atoms with E-state index >= 15 is 0 Å². The molecule has 0 bridgehead atoms. The van der Waals surface area contributed by atoms with Gasteiger partial charge in [-0.2, -0.15) is 13.1 Å². The molecule has 190 valence electrons. The van der Waals surface area contributed by atoms with Crippen LogP contribution in [0.4, 0.5) is 17.6 Å². The second-order valence-corrected chi connectivity index (χ2v) is 9.89. The Labute approximate surface area is 204 Å². The molecule has 3 aromatic rings. The van der Waals surface area contributed by atoms with Crippen molar-refractivity contribution in [1.82, 2.24) is 14.6 Å². The highest BCUT2D eigenvalue weighted by molar-refractivity contribution is 7.89. The molecule has 1 atom stereocenters. The summed E-state index contributed by atoms with van der Waals surface area (Å²) in [5, 5.41) is 2.64. The van der Waals surface area contributed by atoms with E-state index in [2.05, 4.69) is 15.0 Å². The second kappa shape index (κ2) is 10.6. The van der Waals surface area contributed by atoms with E-state index in [1.807, 2.05) is 0 Å². The van der Waals surface area contributed by atoms with Crippen LogP contribution in [0.2, 0.25) is 0 Å². The smallest absolute Gasteiger partial charge is 0.387 e. The summed E-state index contributed by atoms with van der Waals surface area (Å²) in [6.45, 7) is -2.94. The molecule has 2 heterocycles. The van der Waals surface area contributed by atoms with Crippen molar-refractivity contribution in [3.05, 3.63) is 78.1 Å². The lowest BCUT2D eigenvalue weighted by Gasteiger charge is -2.23. The Bertz CT molecular complexity index is 1340. The van der Waals surface area contributed by atoms with Crippen LogP contribution in [0.25, 0.3) is 11.1 Å². The van der Waals surface area contributed by atoms with E-state index < -0.39 is 40.2 Å². The molecular weight excluding hydrogens is 502 g/mol. The third-order valence-electron chi connectivity index (χ3n) is 5.67. The van der Waals surface area contributed by atoms with Crippen LogP contribution >= 0.6 is 0 Å². The minimum atomic E-state index is -4.01. The predicted molar refractivity (Wildman–Crippen MR) is 121 cm³/mol. The van der Waals surface area contributed by atoms with Gasteiger partial charge < -0.3 is 10.1 Å². The Kier molecular flexibility index (Phi) is 7.55. The number of hydrogen-bond acceptors (Lipinski definition) is 5. The van der Waals surface area contributed by atoms with Crippen molar-refractivity contribution in [3.8, 4) is 16.9 Å². The summed E-state index contributed by atoms with van der Waals surface area (Å²) in [5.41, 5.74) is 0.828. The number of alkyl halides is 2. The Balaban J connectivity index is 1.45. The lowest BCUT2D eigenvalue weighted by Crippen LogP contribution is -2.45. The van der Waals surface area contributed by atoms with Crippen molar-refractivity contribution in [2.75, 3.05) is 6.54 Å². The zero-order valence-corrected chi connectivity index (χ0v) is 19.5. The zero-order chi connectivity index (χ0) is 25.9. The number of carbonyl (C=O) groups excluding carboxylic acids is 1. The SMILES string of the molecule is O=C(NCc1cc(-c2ccc(OC(F)F)cc2)c(F)cn1)[C@@H]1CCCN1S(=O)(=O)c1ccc(F)cc1. The van der Waals surface area contributed by atoms with Crippen LogP contribution in [-0.4, -0.2) is 42.8 Å². The van der Waals surface area contributed by atoms with Gasteiger partial charge in [-0.1, -0.05) is 12.1 Å². The molecule has 0 spiro atoms. The highest BCUT2D eigenvalue weighted by Crippen LogP contribution is 2.28. The first-order valence-electron chi connectivity index (χ1n) is 10.9. The number of carbonyl (C=O) groups is 1. The van der Waals surface area contributed by atoms with Crippen LogP contribution in [0.1, 0.15) is 18.5 Å². The number of nitrogens with zero attached hydrogens (tertiary/aromatic N) is 2. The first-order valence-corrected chi connectivity index (χ1v) is 12.3. The quantitative estimate of drug-likeness (QED) is 0.450. The molecule has 0 aliphatic carbocycles. The molecule has 7 nitrogen and oxygen atoms in total. The Morgan fingerprint density at radius 2 is 1.81 bits per heavy atom. The highest BCUT2D eigenvalue weighted by Gasteiger charge is 2.39. The standard InChI is InChI=1S/C24H21F4N3O4S/c25-16-5-9-19(10-6-16)36(33,34)31-11-1-2-22(31)23(32)30-13-17-12-20(21(26)14-29-17)15-3-7-18(8-4-15)35-24(27)28/h3-10,12,14,22,24H,1-2,11,13H2,(H,30,32)/t22-/m0/s1. The van der Waals surface area contributed by atoms with Crippen molar-refractivity contribution < 1.29 is 35.5 Å². The number of sulfonamides is 1. The van der Waals surface area contributed by atoms with Gasteiger partial charge in [-0.3, -0.25) is 9.78 Å². The van der Waals surface area contributed by atoms with Gasteiger partial charge in [-0.15, -0.1) is 0 Å². The van der Waals surface area contributed by atoms with E-state index in [0.29, 0.717) is 24.1 Å². The number of pyridine rings is 1. The maximum Gasteiger partial charge on any atom is 0.387 e. The van der Waals surface area contributed by atoms with Gasteiger partial charge in [0.1, 0.15) is 23.4 Å². The number of nitrogens with one attached hydrogen (secondary N) is 1. The fourth-order valence-electron chi connectivity index (χ4n) is 3.94. The minimum Gasteiger partial charge on any atom is -0.435 e. The third kappa shape index (κ3) is 5.65. The molecule has 1 N–H and O–H groups in total. The summed E-state index contributed by atoms with van der Waals surface area (Å²) < 4.78 is 83.6. The van der Waals surface area contributed by atoms with Gasteiger partial charge in [0.05, 0.1) is 23.3 Å². The molecule has 1 amide bonds. The summed E-state index contributed by atoms with van der Waals surface area (Å²) in [7, 11) is -4.01. The fourth-order valence-corrected chi connectivity index (χ4v) is 5.60. The van der Waals surface area contributed by atoms with Gasteiger partial charge in [0.2, 0.25) is 15.9 Å². The van der Waals surface area contributed by atoms with E-state index in [0.717, 1.165) is 34.8 Å². The third-order valence-corrected chi connectivity index (χ3v) is 7.60. The highest BCUT2D eigenvalue weighted by atomic mass is 32.2. The molecule has 0 radical (unpaired) electrons. The second-order valence-electron chi connectivity index (χ2n) is 8.00. The van der Waals surface area contributed by atoms with Crippen molar-refractivity contribution in [1.29, 1.82) is 0 Å².